The first-order chi connectivity index (χ1) is 14.5. The fraction of sp³-hybridized carbons (Fsp3) is 0.360. The molecule has 0 radical (unpaired) electrons. The second-order valence-electron chi connectivity index (χ2n) is 8.09. The monoisotopic (exact) mass is 406 g/mol. The van der Waals surface area contributed by atoms with Crippen LogP contribution in [-0.4, -0.2) is 27.5 Å². The lowest BCUT2D eigenvalue weighted by molar-refractivity contribution is -0.136. The molecule has 0 aliphatic heterocycles. The van der Waals surface area contributed by atoms with E-state index >= 15 is 0 Å². The summed E-state index contributed by atoms with van der Waals surface area (Å²) in [4.78, 5) is 11.1. The summed E-state index contributed by atoms with van der Waals surface area (Å²) >= 11 is 0. The first-order valence-electron chi connectivity index (χ1n) is 10.5. The van der Waals surface area contributed by atoms with Crippen LogP contribution in [-0.2, 0) is 17.8 Å². The van der Waals surface area contributed by atoms with Gasteiger partial charge in [0.2, 0.25) is 0 Å². The number of rotatable bonds is 11. The summed E-state index contributed by atoms with van der Waals surface area (Å²) in [7, 11) is 0. The third-order valence-electron chi connectivity index (χ3n) is 5.11. The van der Waals surface area contributed by atoms with Gasteiger partial charge in [-0.05, 0) is 47.6 Å². The lowest BCUT2D eigenvalue weighted by atomic mass is 9.91. The average molecular weight is 407 g/mol. The van der Waals surface area contributed by atoms with Crippen molar-refractivity contribution >= 4 is 5.97 Å². The van der Waals surface area contributed by atoms with Crippen molar-refractivity contribution in [3.63, 3.8) is 0 Å². The van der Waals surface area contributed by atoms with Crippen LogP contribution < -0.4 is 4.74 Å². The van der Waals surface area contributed by atoms with Gasteiger partial charge >= 0.3 is 5.97 Å². The van der Waals surface area contributed by atoms with Crippen LogP contribution in [0.1, 0.15) is 49.3 Å². The van der Waals surface area contributed by atoms with Gasteiger partial charge in [-0.2, -0.15) is 5.10 Å². The lowest BCUT2D eigenvalue weighted by Crippen LogP contribution is -2.14. The molecule has 0 bridgehead atoms. The Morgan fingerprint density at radius 1 is 1.13 bits per heavy atom. The van der Waals surface area contributed by atoms with Gasteiger partial charge in [0, 0.05) is 24.7 Å². The molecular weight excluding hydrogens is 376 g/mol. The number of carboxylic acid groups (broad SMARTS) is 1. The molecule has 2 aromatic carbocycles. The topological polar surface area (TPSA) is 64.4 Å². The van der Waals surface area contributed by atoms with Crippen molar-refractivity contribution in [1.82, 2.24) is 9.78 Å². The van der Waals surface area contributed by atoms with Gasteiger partial charge < -0.3 is 9.84 Å². The summed E-state index contributed by atoms with van der Waals surface area (Å²) < 4.78 is 8.19. The van der Waals surface area contributed by atoms with Gasteiger partial charge in [-0.3, -0.25) is 9.48 Å². The molecule has 0 amide bonds. The maximum absolute atomic E-state index is 11.1. The molecule has 0 fully saturated rings. The number of carboxylic acids is 1. The Hall–Kier alpha value is -3.08. The molecule has 1 N–H and O–H groups in total. The van der Waals surface area contributed by atoms with Crippen LogP contribution in [0.5, 0.6) is 5.75 Å². The molecule has 0 aliphatic rings. The number of nitrogens with zero attached hydrogens (tertiary/aromatic N) is 2. The summed E-state index contributed by atoms with van der Waals surface area (Å²) in [6, 6.07) is 18.4. The van der Waals surface area contributed by atoms with Gasteiger partial charge in [-0.15, -0.1) is 0 Å². The predicted molar refractivity (Wildman–Crippen MR) is 118 cm³/mol. The Bertz CT molecular complexity index is 921. The highest BCUT2D eigenvalue weighted by atomic mass is 16.5. The van der Waals surface area contributed by atoms with Crippen molar-refractivity contribution < 1.29 is 14.6 Å². The van der Waals surface area contributed by atoms with E-state index in [2.05, 4.69) is 43.2 Å². The van der Waals surface area contributed by atoms with Crippen LogP contribution in [0.3, 0.4) is 0 Å². The first-order valence-corrected chi connectivity index (χ1v) is 10.5. The number of ether oxygens (including phenoxy) is 1. The van der Waals surface area contributed by atoms with Crippen molar-refractivity contribution in [2.75, 3.05) is 6.61 Å². The molecule has 3 rings (SSSR count). The van der Waals surface area contributed by atoms with E-state index in [1.165, 1.54) is 5.56 Å². The van der Waals surface area contributed by atoms with E-state index in [1.807, 2.05) is 41.2 Å². The van der Waals surface area contributed by atoms with E-state index in [0.717, 1.165) is 23.3 Å². The van der Waals surface area contributed by atoms with Crippen molar-refractivity contribution in [2.24, 2.45) is 5.92 Å². The summed E-state index contributed by atoms with van der Waals surface area (Å²) in [5.74, 6) is 0.805. The van der Waals surface area contributed by atoms with Gasteiger partial charge in [-0.1, -0.05) is 56.3 Å². The maximum Gasteiger partial charge on any atom is 0.303 e. The van der Waals surface area contributed by atoms with Crippen molar-refractivity contribution in [2.45, 2.75) is 45.6 Å². The van der Waals surface area contributed by atoms with Crippen LogP contribution in [0.15, 0.2) is 67.0 Å². The number of hydrogen-bond donors (Lipinski definition) is 1. The van der Waals surface area contributed by atoms with E-state index in [1.54, 1.807) is 6.20 Å². The van der Waals surface area contributed by atoms with E-state index < -0.39 is 5.97 Å². The summed E-state index contributed by atoms with van der Waals surface area (Å²) in [6.45, 7) is 5.65. The van der Waals surface area contributed by atoms with E-state index in [4.69, 9.17) is 9.84 Å². The quantitative estimate of drug-likeness (QED) is 0.478. The molecule has 0 saturated heterocycles. The Morgan fingerprint density at radius 2 is 1.93 bits per heavy atom. The molecule has 0 saturated carbocycles. The standard InChI is InChI=1S/C25H30N2O3/c1-19(2)15-23(21-7-4-3-5-8-21)18-30-24-16-20(17-27-14-6-13-26-27)9-10-22(24)11-12-25(28)29/h3-10,13-14,16,19,23H,11-12,15,17-18H2,1-2H3,(H,28,29). The molecule has 5 heteroatoms. The number of carbonyl (C=O) groups is 1. The van der Waals surface area contributed by atoms with Crippen LogP contribution in [0.4, 0.5) is 0 Å². The highest BCUT2D eigenvalue weighted by Gasteiger charge is 2.16. The number of aryl methyl sites for hydroxylation is 1. The van der Waals surface area contributed by atoms with Crippen molar-refractivity contribution in [1.29, 1.82) is 0 Å². The molecule has 158 valence electrons. The highest BCUT2D eigenvalue weighted by molar-refractivity contribution is 5.67. The van der Waals surface area contributed by atoms with Crippen molar-refractivity contribution in [3.8, 4) is 5.75 Å². The molecule has 1 unspecified atom stereocenters. The number of aliphatic carboxylic acids is 1. The number of hydrogen-bond acceptors (Lipinski definition) is 3. The van der Waals surface area contributed by atoms with Gasteiger partial charge in [-0.25, -0.2) is 0 Å². The second-order valence-corrected chi connectivity index (χ2v) is 8.09. The Kier molecular flexibility index (Phi) is 7.66. The first kappa shape index (κ1) is 21.6. The van der Waals surface area contributed by atoms with Gasteiger partial charge in [0.05, 0.1) is 13.2 Å². The SMILES string of the molecule is CC(C)CC(COc1cc(Cn2cccn2)ccc1CCC(=O)O)c1ccccc1. The molecular formula is C25H30N2O3. The summed E-state index contributed by atoms with van der Waals surface area (Å²) in [6.07, 6.45) is 5.25. The van der Waals surface area contributed by atoms with Gasteiger partial charge in [0.25, 0.3) is 0 Å². The molecule has 30 heavy (non-hydrogen) atoms. The van der Waals surface area contributed by atoms with Gasteiger partial charge in [0.1, 0.15) is 5.75 Å². The Balaban J connectivity index is 1.79. The largest absolute Gasteiger partial charge is 0.493 e. The minimum absolute atomic E-state index is 0.0863. The molecule has 0 spiro atoms. The molecule has 1 atom stereocenters. The zero-order valence-corrected chi connectivity index (χ0v) is 17.7. The van der Waals surface area contributed by atoms with Crippen LogP contribution in [0, 0.1) is 5.92 Å². The average Bonchev–Trinajstić information content (AvgIpc) is 3.23. The van der Waals surface area contributed by atoms with Crippen LogP contribution in [0.2, 0.25) is 0 Å². The van der Waals surface area contributed by atoms with E-state index in [9.17, 15) is 4.79 Å². The number of aromatic nitrogens is 2. The molecule has 5 nitrogen and oxygen atoms in total. The fourth-order valence-corrected chi connectivity index (χ4v) is 3.65. The molecule has 3 aromatic rings. The normalized spacial score (nSPS) is 12.1. The van der Waals surface area contributed by atoms with Crippen LogP contribution in [0.25, 0.3) is 0 Å². The predicted octanol–water partition coefficient (Wildman–Crippen LogP) is 5.16. The third-order valence-corrected chi connectivity index (χ3v) is 5.11. The highest BCUT2D eigenvalue weighted by Crippen LogP contribution is 2.28. The maximum atomic E-state index is 11.1. The van der Waals surface area contributed by atoms with Crippen LogP contribution >= 0.6 is 0 Å². The van der Waals surface area contributed by atoms with E-state index in [-0.39, 0.29) is 12.3 Å². The molecule has 1 heterocycles. The zero-order valence-electron chi connectivity index (χ0n) is 17.7. The van der Waals surface area contributed by atoms with E-state index in [0.29, 0.717) is 25.5 Å². The minimum atomic E-state index is -0.802. The molecule has 1 aromatic heterocycles. The Morgan fingerprint density at radius 3 is 2.60 bits per heavy atom. The second kappa shape index (κ2) is 10.6. The van der Waals surface area contributed by atoms with Crippen molar-refractivity contribution in [3.05, 3.63) is 83.7 Å². The number of benzene rings is 2. The zero-order chi connectivity index (χ0) is 21.3. The smallest absolute Gasteiger partial charge is 0.303 e. The minimum Gasteiger partial charge on any atom is -0.493 e. The lowest BCUT2D eigenvalue weighted by Gasteiger charge is -2.21. The third kappa shape index (κ3) is 6.48. The Labute approximate surface area is 178 Å². The fourth-order valence-electron chi connectivity index (χ4n) is 3.65. The molecule has 0 aliphatic carbocycles. The summed E-state index contributed by atoms with van der Waals surface area (Å²) in [5.41, 5.74) is 3.27. The van der Waals surface area contributed by atoms with Gasteiger partial charge in [0.15, 0.2) is 0 Å². The summed E-state index contributed by atoms with van der Waals surface area (Å²) in [5, 5.41) is 13.4.